The number of oxazole rings is 1. The van der Waals surface area contributed by atoms with E-state index >= 15 is 0 Å². The Morgan fingerprint density at radius 3 is 2.44 bits per heavy atom. The van der Waals surface area contributed by atoms with Gasteiger partial charge >= 0.3 is 0 Å². The summed E-state index contributed by atoms with van der Waals surface area (Å²) in [7, 11) is 1.60. The molecule has 140 valence electrons. The van der Waals surface area contributed by atoms with Gasteiger partial charge in [-0.25, -0.2) is 4.98 Å². The van der Waals surface area contributed by atoms with Gasteiger partial charge in [-0.05, 0) is 55.5 Å². The highest BCUT2D eigenvalue weighted by Crippen LogP contribution is 2.23. The summed E-state index contributed by atoms with van der Waals surface area (Å²) < 4.78 is 16.3. The minimum Gasteiger partial charge on any atom is -0.497 e. The van der Waals surface area contributed by atoms with Crippen LogP contribution in [0.3, 0.4) is 0 Å². The van der Waals surface area contributed by atoms with Crippen molar-refractivity contribution in [3.63, 3.8) is 0 Å². The minimum absolute atomic E-state index is 0.0963. The van der Waals surface area contributed by atoms with Gasteiger partial charge in [-0.15, -0.1) is 0 Å². The molecule has 0 aliphatic carbocycles. The SMILES string of the molecule is CCOc1ccc(-c2cnc(CCC(=O)Nc3ccc(OC)cc3)o2)cc1. The number of hydrogen-bond acceptors (Lipinski definition) is 5. The Bertz CT molecular complexity index is 870. The number of aromatic nitrogens is 1. The van der Waals surface area contributed by atoms with Crippen molar-refractivity contribution >= 4 is 11.6 Å². The van der Waals surface area contributed by atoms with Crippen molar-refractivity contribution in [3.05, 3.63) is 60.6 Å². The van der Waals surface area contributed by atoms with Crippen molar-refractivity contribution in [2.75, 3.05) is 19.0 Å². The Morgan fingerprint density at radius 1 is 1.07 bits per heavy atom. The van der Waals surface area contributed by atoms with E-state index in [-0.39, 0.29) is 12.3 Å². The topological polar surface area (TPSA) is 73.6 Å². The molecular weight excluding hydrogens is 344 g/mol. The zero-order valence-electron chi connectivity index (χ0n) is 15.4. The number of methoxy groups -OCH3 is 1. The van der Waals surface area contributed by atoms with Crippen LogP contribution in [-0.2, 0) is 11.2 Å². The number of aryl methyl sites for hydroxylation is 1. The molecule has 27 heavy (non-hydrogen) atoms. The van der Waals surface area contributed by atoms with E-state index in [0.29, 0.717) is 24.7 Å². The van der Waals surface area contributed by atoms with Crippen molar-refractivity contribution in [1.29, 1.82) is 0 Å². The number of nitrogens with zero attached hydrogens (tertiary/aromatic N) is 1. The highest BCUT2D eigenvalue weighted by atomic mass is 16.5. The summed E-state index contributed by atoms with van der Waals surface area (Å²) in [6.45, 7) is 2.58. The lowest BCUT2D eigenvalue weighted by Gasteiger charge is -2.05. The highest BCUT2D eigenvalue weighted by Gasteiger charge is 2.10. The monoisotopic (exact) mass is 366 g/mol. The summed E-state index contributed by atoms with van der Waals surface area (Å²) in [6, 6.07) is 14.8. The van der Waals surface area contributed by atoms with Gasteiger partial charge in [0.05, 0.1) is 19.9 Å². The summed E-state index contributed by atoms with van der Waals surface area (Å²) in [6.07, 6.45) is 2.39. The van der Waals surface area contributed by atoms with Crippen LogP contribution < -0.4 is 14.8 Å². The normalized spacial score (nSPS) is 10.4. The molecule has 3 aromatic rings. The number of nitrogens with one attached hydrogen (secondary N) is 1. The summed E-state index contributed by atoms with van der Waals surface area (Å²) in [4.78, 5) is 16.3. The number of ether oxygens (including phenoxy) is 2. The van der Waals surface area contributed by atoms with Crippen LogP contribution in [0.15, 0.2) is 59.1 Å². The van der Waals surface area contributed by atoms with Crippen molar-refractivity contribution in [2.24, 2.45) is 0 Å². The number of benzene rings is 2. The first-order valence-corrected chi connectivity index (χ1v) is 8.79. The molecule has 6 nitrogen and oxygen atoms in total. The van der Waals surface area contributed by atoms with Crippen LogP contribution in [0.2, 0.25) is 0 Å². The molecule has 3 rings (SSSR count). The Morgan fingerprint density at radius 2 is 1.78 bits per heavy atom. The second-order valence-corrected chi connectivity index (χ2v) is 5.85. The molecule has 1 amide bonds. The molecule has 0 fully saturated rings. The first-order valence-electron chi connectivity index (χ1n) is 8.79. The maximum absolute atomic E-state index is 12.1. The molecule has 0 atom stereocenters. The summed E-state index contributed by atoms with van der Waals surface area (Å²) in [5, 5.41) is 2.84. The van der Waals surface area contributed by atoms with Gasteiger partial charge in [0, 0.05) is 24.1 Å². The lowest BCUT2D eigenvalue weighted by atomic mass is 10.2. The van der Waals surface area contributed by atoms with E-state index in [1.165, 1.54) is 0 Å². The van der Waals surface area contributed by atoms with Gasteiger partial charge in [0.2, 0.25) is 5.91 Å². The van der Waals surface area contributed by atoms with Crippen LogP contribution in [0.5, 0.6) is 11.5 Å². The molecule has 1 aromatic heterocycles. The summed E-state index contributed by atoms with van der Waals surface area (Å²) in [5.74, 6) is 2.67. The number of anilines is 1. The van der Waals surface area contributed by atoms with Gasteiger partial charge in [0.1, 0.15) is 11.5 Å². The predicted molar refractivity (Wildman–Crippen MR) is 103 cm³/mol. The van der Waals surface area contributed by atoms with E-state index < -0.39 is 0 Å². The van der Waals surface area contributed by atoms with Crippen LogP contribution in [0.25, 0.3) is 11.3 Å². The van der Waals surface area contributed by atoms with Crippen LogP contribution in [0.1, 0.15) is 19.2 Å². The van der Waals surface area contributed by atoms with Crippen molar-refractivity contribution < 1.29 is 18.7 Å². The molecule has 0 saturated heterocycles. The van der Waals surface area contributed by atoms with Crippen LogP contribution in [0, 0.1) is 0 Å². The standard InChI is InChI=1S/C21H22N2O4/c1-3-26-18-8-4-15(5-9-18)19-14-22-21(27-19)13-12-20(24)23-16-6-10-17(25-2)11-7-16/h4-11,14H,3,12-13H2,1-2H3,(H,23,24). The molecule has 1 N–H and O–H groups in total. The first kappa shape index (κ1) is 18.5. The number of amides is 1. The second-order valence-electron chi connectivity index (χ2n) is 5.85. The summed E-state index contributed by atoms with van der Waals surface area (Å²) in [5.41, 5.74) is 1.64. The minimum atomic E-state index is -0.0963. The molecule has 6 heteroatoms. The molecule has 0 radical (unpaired) electrons. The molecule has 0 saturated carbocycles. The van der Waals surface area contributed by atoms with E-state index in [9.17, 15) is 4.79 Å². The predicted octanol–water partition coefficient (Wildman–Crippen LogP) is 4.32. The fourth-order valence-corrected chi connectivity index (χ4v) is 2.56. The number of hydrogen-bond donors (Lipinski definition) is 1. The lowest BCUT2D eigenvalue weighted by Crippen LogP contribution is -2.12. The Balaban J connectivity index is 1.53. The molecule has 0 unspecified atom stereocenters. The van der Waals surface area contributed by atoms with Crippen molar-refractivity contribution in [3.8, 4) is 22.8 Å². The van der Waals surface area contributed by atoms with E-state index in [2.05, 4.69) is 10.3 Å². The molecule has 1 heterocycles. The Hall–Kier alpha value is -3.28. The van der Waals surface area contributed by atoms with Crippen molar-refractivity contribution in [2.45, 2.75) is 19.8 Å². The van der Waals surface area contributed by atoms with Gasteiger partial charge in [0.15, 0.2) is 11.7 Å². The largest absolute Gasteiger partial charge is 0.497 e. The van der Waals surface area contributed by atoms with Gasteiger partial charge in [-0.3, -0.25) is 4.79 Å². The Labute approximate surface area is 158 Å². The third-order valence-corrected chi connectivity index (χ3v) is 3.94. The van der Waals surface area contributed by atoms with Gasteiger partial charge in [-0.1, -0.05) is 0 Å². The molecule has 0 aliphatic rings. The maximum Gasteiger partial charge on any atom is 0.224 e. The third kappa shape index (κ3) is 5.10. The smallest absolute Gasteiger partial charge is 0.224 e. The van der Waals surface area contributed by atoms with Crippen LogP contribution in [-0.4, -0.2) is 24.6 Å². The van der Waals surface area contributed by atoms with E-state index in [4.69, 9.17) is 13.9 Å². The van der Waals surface area contributed by atoms with E-state index in [1.807, 2.05) is 31.2 Å². The summed E-state index contributed by atoms with van der Waals surface area (Å²) >= 11 is 0. The fraction of sp³-hybridized carbons (Fsp3) is 0.238. The van der Waals surface area contributed by atoms with Gasteiger partial charge in [-0.2, -0.15) is 0 Å². The second kappa shape index (κ2) is 8.89. The molecule has 0 spiro atoms. The Kier molecular flexibility index (Phi) is 6.10. The quantitative estimate of drug-likeness (QED) is 0.643. The maximum atomic E-state index is 12.1. The highest BCUT2D eigenvalue weighted by molar-refractivity contribution is 5.90. The number of rotatable bonds is 8. The first-order chi connectivity index (χ1) is 13.2. The van der Waals surface area contributed by atoms with Gasteiger partial charge < -0.3 is 19.2 Å². The molecule has 2 aromatic carbocycles. The third-order valence-electron chi connectivity index (χ3n) is 3.94. The van der Waals surface area contributed by atoms with E-state index in [0.717, 1.165) is 22.7 Å². The number of carbonyl (C=O) groups is 1. The zero-order valence-corrected chi connectivity index (χ0v) is 15.4. The van der Waals surface area contributed by atoms with E-state index in [1.54, 1.807) is 37.6 Å². The number of carbonyl (C=O) groups excluding carboxylic acids is 1. The molecular formula is C21H22N2O4. The van der Waals surface area contributed by atoms with Gasteiger partial charge in [0.25, 0.3) is 0 Å². The average molecular weight is 366 g/mol. The zero-order chi connectivity index (χ0) is 19.1. The molecule has 0 aliphatic heterocycles. The fourth-order valence-electron chi connectivity index (χ4n) is 2.56. The van der Waals surface area contributed by atoms with Crippen molar-refractivity contribution in [1.82, 2.24) is 4.98 Å². The molecule has 0 bridgehead atoms. The van der Waals surface area contributed by atoms with Crippen LogP contribution >= 0.6 is 0 Å². The average Bonchev–Trinajstić information content (AvgIpc) is 3.17. The van der Waals surface area contributed by atoms with Crippen LogP contribution in [0.4, 0.5) is 5.69 Å². The lowest BCUT2D eigenvalue weighted by molar-refractivity contribution is -0.116.